The molecule has 0 fully saturated rings. The van der Waals surface area contributed by atoms with E-state index in [-0.39, 0.29) is 5.82 Å². The van der Waals surface area contributed by atoms with E-state index >= 15 is 0 Å². The molecular weight excluding hydrogens is 247 g/mol. The fourth-order valence-electron chi connectivity index (χ4n) is 1.31. The van der Waals surface area contributed by atoms with E-state index in [0.29, 0.717) is 16.7 Å². The Bertz CT molecular complexity index is 498. The molecule has 0 saturated heterocycles. The van der Waals surface area contributed by atoms with Crippen LogP contribution in [0, 0.1) is 12.7 Å². The minimum atomic E-state index is -0.240. The van der Waals surface area contributed by atoms with Crippen LogP contribution in [0.5, 0.6) is 0 Å². The zero-order valence-corrected chi connectivity index (χ0v) is 10.2. The summed E-state index contributed by atoms with van der Waals surface area (Å²) in [7, 11) is 0. The van der Waals surface area contributed by atoms with Gasteiger partial charge in [0.05, 0.1) is 12.2 Å². The van der Waals surface area contributed by atoms with Gasteiger partial charge in [-0.05, 0) is 24.6 Å². The van der Waals surface area contributed by atoms with E-state index in [9.17, 15) is 4.39 Å². The fraction of sp³-hybridized carbons (Fsp3) is 0.182. The minimum absolute atomic E-state index is 0.240. The van der Waals surface area contributed by atoms with Gasteiger partial charge in [0.1, 0.15) is 5.82 Å². The van der Waals surface area contributed by atoms with Crippen molar-refractivity contribution in [3.05, 3.63) is 45.1 Å². The van der Waals surface area contributed by atoms with Crippen LogP contribution >= 0.6 is 22.9 Å². The molecule has 0 unspecified atom stereocenters. The molecule has 0 bridgehead atoms. The van der Waals surface area contributed by atoms with E-state index in [2.05, 4.69) is 10.3 Å². The third-order valence-corrected chi connectivity index (χ3v) is 3.22. The fourth-order valence-corrected chi connectivity index (χ4v) is 2.23. The molecular formula is C11H10ClFN2S. The molecule has 1 aromatic heterocycles. The quantitative estimate of drug-likeness (QED) is 0.902. The lowest BCUT2D eigenvalue weighted by Gasteiger charge is -2.06. The number of nitrogens with zero attached hydrogens (tertiary/aromatic N) is 1. The smallest absolute Gasteiger partial charge is 0.183 e. The SMILES string of the molecule is Cc1ccc(NCc2cnc(Cl)s2)c(F)c1. The first-order chi connectivity index (χ1) is 7.65. The summed E-state index contributed by atoms with van der Waals surface area (Å²) < 4.78 is 14.0. The van der Waals surface area contributed by atoms with Crippen LogP contribution in [0.25, 0.3) is 0 Å². The summed E-state index contributed by atoms with van der Waals surface area (Å²) in [4.78, 5) is 4.89. The van der Waals surface area contributed by atoms with Crippen molar-refractivity contribution >= 4 is 28.6 Å². The Labute approximate surface area is 102 Å². The molecule has 0 aliphatic heterocycles. The minimum Gasteiger partial charge on any atom is -0.378 e. The van der Waals surface area contributed by atoms with Crippen molar-refractivity contribution < 1.29 is 4.39 Å². The largest absolute Gasteiger partial charge is 0.378 e. The van der Waals surface area contributed by atoms with Crippen molar-refractivity contribution in [1.82, 2.24) is 4.98 Å². The van der Waals surface area contributed by atoms with E-state index in [1.165, 1.54) is 17.4 Å². The summed E-state index contributed by atoms with van der Waals surface area (Å²) in [5.74, 6) is -0.240. The average molecular weight is 257 g/mol. The van der Waals surface area contributed by atoms with Crippen LogP contribution in [-0.4, -0.2) is 4.98 Å². The molecule has 0 amide bonds. The van der Waals surface area contributed by atoms with E-state index in [1.807, 2.05) is 13.0 Å². The van der Waals surface area contributed by atoms with Gasteiger partial charge in [-0.15, -0.1) is 11.3 Å². The van der Waals surface area contributed by atoms with Crippen LogP contribution in [0.1, 0.15) is 10.4 Å². The van der Waals surface area contributed by atoms with Gasteiger partial charge in [0.2, 0.25) is 0 Å². The number of aryl methyl sites for hydroxylation is 1. The van der Waals surface area contributed by atoms with E-state index in [4.69, 9.17) is 11.6 Å². The van der Waals surface area contributed by atoms with Gasteiger partial charge in [-0.25, -0.2) is 9.37 Å². The predicted octanol–water partition coefficient (Wildman–Crippen LogP) is 3.86. The van der Waals surface area contributed by atoms with Crippen molar-refractivity contribution in [3.8, 4) is 0 Å². The maximum absolute atomic E-state index is 13.5. The molecule has 2 nitrogen and oxygen atoms in total. The van der Waals surface area contributed by atoms with E-state index in [1.54, 1.807) is 12.3 Å². The van der Waals surface area contributed by atoms with Crippen LogP contribution in [0.4, 0.5) is 10.1 Å². The highest BCUT2D eigenvalue weighted by Gasteiger charge is 2.03. The Morgan fingerprint density at radius 1 is 1.50 bits per heavy atom. The highest BCUT2D eigenvalue weighted by atomic mass is 35.5. The molecule has 1 heterocycles. The number of benzene rings is 1. The third kappa shape index (κ3) is 2.71. The first-order valence-corrected chi connectivity index (χ1v) is 5.95. The number of hydrogen-bond donors (Lipinski definition) is 1. The highest BCUT2D eigenvalue weighted by Crippen LogP contribution is 2.20. The second kappa shape index (κ2) is 4.80. The molecule has 1 N–H and O–H groups in total. The van der Waals surface area contributed by atoms with Crippen LogP contribution < -0.4 is 5.32 Å². The number of hydrogen-bond acceptors (Lipinski definition) is 3. The summed E-state index contributed by atoms with van der Waals surface area (Å²) >= 11 is 7.09. The van der Waals surface area contributed by atoms with Crippen molar-refractivity contribution in [1.29, 1.82) is 0 Å². The zero-order valence-electron chi connectivity index (χ0n) is 8.63. The Morgan fingerprint density at radius 3 is 2.94 bits per heavy atom. The molecule has 1 aromatic carbocycles. The van der Waals surface area contributed by atoms with E-state index in [0.717, 1.165) is 10.4 Å². The zero-order chi connectivity index (χ0) is 11.5. The Balaban J connectivity index is 2.04. The number of nitrogens with one attached hydrogen (secondary N) is 1. The number of aromatic nitrogens is 1. The Morgan fingerprint density at radius 2 is 2.31 bits per heavy atom. The summed E-state index contributed by atoms with van der Waals surface area (Å²) in [5, 5.41) is 3.01. The summed E-state index contributed by atoms with van der Waals surface area (Å²) in [6, 6.07) is 5.10. The maximum atomic E-state index is 13.5. The van der Waals surface area contributed by atoms with Crippen molar-refractivity contribution in [2.45, 2.75) is 13.5 Å². The average Bonchev–Trinajstić information content (AvgIpc) is 2.63. The van der Waals surface area contributed by atoms with Crippen molar-refractivity contribution in [2.24, 2.45) is 0 Å². The van der Waals surface area contributed by atoms with Gasteiger partial charge in [0.25, 0.3) is 0 Å². The van der Waals surface area contributed by atoms with Gasteiger partial charge >= 0.3 is 0 Å². The lowest BCUT2D eigenvalue weighted by Crippen LogP contribution is -1.99. The monoisotopic (exact) mass is 256 g/mol. The van der Waals surface area contributed by atoms with Gasteiger partial charge in [-0.1, -0.05) is 17.7 Å². The molecule has 16 heavy (non-hydrogen) atoms. The molecule has 0 aliphatic rings. The van der Waals surface area contributed by atoms with Gasteiger partial charge in [0, 0.05) is 11.1 Å². The lowest BCUT2D eigenvalue weighted by atomic mass is 10.2. The molecule has 0 atom stereocenters. The second-order valence-corrected chi connectivity index (χ2v) is 5.11. The molecule has 0 spiro atoms. The standard InChI is InChI=1S/C11H10ClFN2S/c1-7-2-3-10(9(13)4-7)14-5-8-6-15-11(12)16-8/h2-4,6,14H,5H2,1H3. The molecule has 0 radical (unpaired) electrons. The Hall–Kier alpha value is -1.13. The normalized spacial score (nSPS) is 10.4. The van der Waals surface area contributed by atoms with Crippen LogP contribution in [0.3, 0.4) is 0 Å². The summed E-state index contributed by atoms with van der Waals surface area (Å²) in [6.07, 6.45) is 1.69. The van der Waals surface area contributed by atoms with Gasteiger partial charge in [0.15, 0.2) is 4.47 Å². The molecule has 0 aliphatic carbocycles. The van der Waals surface area contributed by atoms with E-state index < -0.39 is 0 Å². The van der Waals surface area contributed by atoms with Crippen LogP contribution in [-0.2, 0) is 6.54 Å². The number of anilines is 1. The second-order valence-electron chi connectivity index (χ2n) is 3.42. The van der Waals surface area contributed by atoms with Gasteiger partial charge in [-0.3, -0.25) is 0 Å². The topological polar surface area (TPSA) is 24.9 Å². The highest BCUT2D eigenvalue weighted by molar-refractivity contribution is 7.15. The van der Waals surface area contributed by atoms with Gasteiger partial charge < -0.3 is 5.32 Å². The third-order valence-electron chi connectivity index (χ3n) is 2.10. The summed E-state index contributed by atoms with van der Waals surface area (Å²) in [5.41, 5.74) is 1.40. The molecule has 0 saturated carbocycles. The first-order valence-electron chi connectivity index (χ1n) is 4.75. The molecule has 5 heteroatoms. The molecule has 2 rings (SSSR count). The number of halogens is 2. The van der Waals surface area contributed by atoms with Crippen LogP contribution in [0.2, 0.25) is 4.47 Å². The van der Waals surface area contributed by atoms with Crippen LogP contribution in [0.15, 0.2) is 24.4 Å². The lowest BCUT2D eigenvalue weighted by molar-refractivity contribution is 0.629. The Kier molecular flexibility index (Phi) is 3.41. The number of thiazole rings is 1. The molecule has 2 aromatic rings. The van der Waals surface area contributed by atoms with Gasteiger partial charge in [-0.2, -0.15) is 0 Å². The first kappa shape index (κ1) is 11.4. The molecule has 84 valence electrons. The van der Waals surface area contributed by atoms with Crippen molar-refractivity contribution in [3.63, 3.8) is 0 Å². The summed E-state index contributed by atoms with van der Waals surface area (Å²) in [6.45, 7) is 2.39. The number of rotatable bonds is 3. The maximum Gasteiger partial charge on any atom is 0.183 e. The predicted molar refractivity (Wildman–Crippen MR) is 65.6 cm³/mol. The van der Waals surface area contributed by atoms with Crippen molar-refractivity contribution in [2.75, 3.05) is 5.32 Å².